The molecule has 1 aliphatic heterocycles. The van der Waals surface area contributed by atoms with E-state index in [-0.39, 0.29) is 6.61 Å². The van der Waals surface area contributed by atoms with Crippen LogP contribution in [0.15, 0.2) is 12.7 Å². The van der Waals surface area contributed by atoms with Crippen LogP contribution in [0.3, 0.4) is 0 Å². The Morgan fingerprint density at radius 3 is 2.47 bits per heavy atom. The number of hydrogen-bond donors (Lipinski definition) is 2. The lowest BCUT2D eigenvalue weighted by Gasteiger charge is -2.27. The lowest BCUT2D eigenvalue weighted by molar-refractivity contribution is -0.138. The summed E-state index contributed by atoms with van der Waals surface area (Å²) < 4.78 is 27.4. The lowest BCUT2D eigenvalue weighted by Crippen LogP contribution is -2.49. The molecule has 1 amide bonds. The zero-order valence-electron chi connectivity index (χ0n) is 10.1. The summed E-state index contributed by atoms with van der Waals surface area (Å²) in [5, 5.41) is 18.4. The molecular formula is C10H15NO7S. The van der Waals surface area contributed by atoms with E-state index >= 15 is 0 Å². The highest BCUT2D eigenvalue weighted by Crippen LogP contribution is 2.19. The molecule has 1 saturated heterocycles. The highest BCUT2D eigenvalue weighted by atomic mass is 32.2. The van der Waals surface area contributed by atoms with Gasteiger partial charge in [0.2, 0.25) is 0 Å². The van der Waals surface area contributed by atoms with Crippen molar-refractivity contribution in [2.75, 3.05) is 24.7 Å². The molecule has 0 spiro atoms. The fourth-order valence-corrected chi connectivity index (χ4v) is 3.59. The molecule has 1 fully saturated rings. The van der Waals surface area contributed by atoms with Gasteiger partial charge in [-0.15, -0.1) is 0 Å². The molecule has 2 N–H and O–H groups in total. The number of amides is 1. The molecule has 1 aliphatic rings. The van der Waals surface area contributed by atoms with Crippen LogP contribution in [0.1, 0.15) is 0 Å². The van der Waals surface area contributed by atoms with Crippen molar-refractivity contribution in [2.24, 2.45) is 0 Å². The molecule has 1 heterocycles. The fraction of sp³-hybridized carbons (Fsp3) is 0.600. The number of hydrogen-bond acceptors (Lipinski definition) is 6. The van der Waals surface area contributed by atoms with Crippen LogP contribution in [0.25, 0.3) is 0 Å². The highest BCUT2D eigenvalue weighted by molar-refractivity contribution is 7.91. The first kappa shape index (κ1) is 15.4. The van der Waals surface area contributed by atoms with Crippen LogP contribution in [0, 0.1) is 0 Å². The van der Waals surface area contributed by atoms with Crippen molar-refractivity contribution < 1.29 is 33.0 Å². The second kappa shape index (κ2) is 6.02. The number of aliphatic hydroxyl groups is 1. The maximum Gasteiger partial charge on any atom is 0.410 e. The summed E-state index contributed by atoms with van der Waals surface area (Å²) in [6.07, 6.45) is -1.03. The van der Waals surface area contributed by atoms with Crippen LogP contribution in [0.5, 0.6) is 0 Å². The van der Waals surface area contributed by atoms with Crippen LogP contribution in [0.2, 0.25) is 0 Å². The largest absolute Gasteiger partial charge is 0.480 e. The van der Waals surface area contributed by atoms with Gasteiger partial charge in [0.15, 0.2) is 9.84 Å². The Balaban J connectivity index is 2.87. The number of carbonyl (C=O) groups excluding carboxylic acids is 1. The molecule has 1 rings (SSSR count). The summed E-state index contributed by atoms with van der Waals surface area (Å²) in [6.45, 7) is 2.45. The summed E-state index contributed by atoms with van der Waals surface area (Å²) in [6, 6.07) is -1.11. The van der Waals surface area contributed by atoms with Crippen LogP contribution in [0.4, 0.5) is 4.79 Å². The Hall–Kier alpha value is -1.61. The number of carboxylic acid groups (broad SMARTS) is 1. The van der Waals surface area contributed by atoms with E-state index in [1.165, 1.54) is 6.08 Å². The Morgan fingerprint density at radius 1 is 1.42 bits per heavy atom. The summed E-state index contributed by atoms with van der Waals surface area (Å²) in [4.78, 5) is 23.1. The van der Waals surface area contributed by atoms with Crippen molar-refractivity contribution >= 4 is 21.9 Å². The molecule has 19 heavy (non-hydrogen) atoms. The van der Waals surface area contributed by atoms with Gasteiger partial charge in [-0.2, -0.15) is 0 Å². The molecule has 0 aliphatic carbocycles. The smallest absolute Gasteiger partial charge is 0.410 e. The summed E-state index contributed by atoms with van der Waals surface area (Å²) >= 11 is 0. The van der Waals surface area contributed by atoms with Crippen molar-refractivity contribution in [3.05, 3.63) is 12.7 Å². The van der Waals surface area contributed by atoms with Crippen LogP contribution >= 0.6 is 0 Å². The minimum absolute atomic E-state index is 0.134. The first-order valence-corrected chi connectivity index (χ1v) is 7.23. The van der Waals surface area contributed by atoms with Gasteiger partial charge < -0.3 is 14.9 Å². The number of aliphatic hydroxyl groups excluding tert-OH is 1. The molecule has 0 bridgehead atoms. The van der Waals surface area contributed by atoms with Gasteiger partial charge in [0.25, 0.3) is 0 Å². The van der Waals surface area contributed by atoms with Crippen molar-refractivity contribution in [2.45, 2.75) is 12.1 Å². The molecule has 0 aromatic carbocycles. The van der Waals surface area contributed by atoms with E-state index in [4.69, 9.17) is 5.11 Å². The van der Waals surface area contributed by atoms with E-state index in [1.807, 2.05) is 0 Å². The van der Waals surface area contributed by atoms with Crippen LogP contribution < -0.4 is 0 Å². The molecule has 9 heteroatoms. The van der Waals surface area contributed by atoms with Gasteiger partial charge in [0.05, 0.1) is 23.7 Å². The number of nitrogens with zero attached hydrogens (tertiary/aromatic N) is 1. The Labute approximate surface area is 110 Å². The third-order valence-corrected chi connectivity index (χ3v) is 4.26. The fourth-order valence-electron chi connectivity index (χ4n) is 1.78. The lowest BCUT2D eigenvalue weighted by atomic mass is 10.2. The molecule has 2 atom stereocenters. The second-order valence-corrected chi connectivity index (χ2v) is 6.25. The average molecular weight is 293 g/mol. The van der Waals surface area contributed by atoms with Crippen LogP contribution in [-0.2, 0) is 19.4 Å². The van der Waals surface area contributed by atoms with Gasteiger partial charge in [-0.1, -0.05) is 12.7 Å². The number of rotatable bonds is 5. The minimum Gasteiger partial charge on any atom is -0.480 e. The number of carbonyl (C=O) groups is 2. The normalized spacial score (nSPS) is 24.7. The average Bonchev–Trinajstić information content (AvgIpc) is 2.56. The van der Waals surface area contributed by atoms with E-state index in [0.29, 0.717) is 4.90 Å². The number of aliphatic carboxylic acids is 1. The molecule has 0 aromatic heterocycles. The SMILES string of the molecule is C=CCOC(=O)N(CC(=O)O)[C@H]1CS(=O)(=O)C[C@H]1O. The number of carboxylic acids is 1. The molecular weight excluding hydrogens is 278 g/mol. The highest BCUT2D eigenvalue weighted by Gasteiger charge is 2.43. The quantitative estimate of drug-likeness (QED) is 0.614. The topological polar surface area (TPSA) is 121 Å². The third kappa shape index (κ3) is 4.21. The van der Waals surface area contributed by atoms with Gasteiger partial charge in [-0.05, 0) is 0 Å². The standard InChI is InChI=1S/C10H15NO7S/c1-2-3-18-10(15)11(4-9(13)14)7-5-19(16,17)6-8(7)12/h2,7-8,12H,1,3-6H2,(H,13,14)/t7-,8+/m0/s1. The maximum atomic E-state index is 11.7. The first-order valence-electron chi connectivity index (χ1n) is 5.41. The van der Waals surface area contributed by atoms with Gasteiger partial charge in [-0.3, -0.25) is 9.69 Å². The predicted octanol–water partition coefficient (Wildman–Crippen LogP) is -1.15. The van der Waals surface area contributed by atoms with Gasteiger partial charge in [0.1, 0.15) is 13.2 Å². The third-order valence-electron chi connectivity index (χ3n) is 2.56. The number of sulfone groups is 1. The summed E-state index contributed by atoms with van der Waals surface area (Å²) in [5.74, 6) is -2.31. The zero-order chi connectivity index (χ0) is 14.6. The van der Waals surface area contributed by atoms with Gasteiger partial charge in [0, 0.05) is 0 Å². The van der Waals surface area contributed by atoms with Gasteiger partial charge in [-0.25, -0.2) is 13.2 Å². The second-order valence-electron chi connectivity index (χ2n) is 4.10. The predicted molar refractivity (Wildman–Crippen MR) is 64.3 cm³/mol. The van der Waals surface area contributed by atoms with Crippen molar-refractivity contribution in [1.82, 2.24) is 4.90 Å². The molecule has 0 saturated carbocycles. The van der Waals surface area contributed by atoms with E-state index in [9.17, 15) is 23.1 Å². The maximum absolute atomic E-state index is 11.7. The monoisotopic (exact) mass is 293 g/mol. The van der Waals surface area contributed by atoms with Crippen molar-refractivity contribution in [3.8, 4) is 0 Å². The molecule has 0 aromatic rings. The Morgan fingerprint density at radius 2 is 2.05 bits per heavy atom. The van der Waals surface area contributed by atoms with Crippen molar-refractivity contribution in [1.29, 1.82) is 0 Å². The van der Waals surface area contributed by atoms with E-state index in [0.717, 1.165) is 0 Å². The van der Waals surface area contributed by atoms with Crippen molar-refractivity contribution in [3.63, 3.8) is 0 Å². The molecule has 8 nitrogen and oxygen atoms in total. The minimum atomic E-state index is -3.49. The van der Waals surface area contributed by atoms with Crippen LogP contribution in [-0.4, -0.2) is 72.4 Å². The Kier molecular flexibility index (Phi) is 4.90. The molecule has 108 valence electrons. The summed E-state index contributed by atoms with van der Waals surface area (Å²) in [7, 11) is -3.49. The zero-order valence-corrected chi connectivity index (χ0v) is 10.9. The first-order chi connectivity index (χ1) is 8.76. The van der Waals surface area contributed by atoms with E-state index in [2.05, 4.69) is 11.3 Å². The molecule has 0 unspecified atom stereocenters. The Bertz CT molecular complexity index is 472. The van der Waals surface area contributed by atoms with E-state index in [1.54, 1.807) is 0 Å². The van der Waals surface area contributed by atoms with Gasteiger partial charge >= 0.3 is 12.1 Å². The molecule has 0 radical (unpaired) electrons. The number of ether oxygens (including phenoxy) is 1. The summed E-state index contributed by atoms with van der Waals surface area (Å²) in [5.41, 5.74) is 0. The van der Waals surface area contributed by atoms with E-state index < -0.39 is 52.1 Å².